The van der Waals surface area contributed by atoms with Crippen molar-refractivity contribution < 1.29 is 22.8 Å². The highest BCUT2D eigenvalue weighted by atomic mass is 19.4. The number of nitrogens with zero attached hydrogens (tertiary/aromatic N) is 2. The lowest BCUT2D eigenvalue weighted by Crippen LogP contribution is -2.26. The monoisotopic (exact) mass is 338 g/mol. The molecule has 1 aliphatic rings. The summed E-state index contributed by atoms with van der Waals surface area (Å²) in [6, 6.07) is 7.81. The maximum absolute atomic E-state index is 13.4. The first-order valence-electron chi connectivity index (χ1n) is 7.14. The highest BCUT2D eigenvalue weighted by Gasteiger charge is 2.40. The van der Waals surface area contributed by atoms with Gasteiger partial charge >= 0.3 is 6.18 Å². The number of carbonyl (C=O) groups excluding carboxylic acids is 2. The van der Waals surface area contributed by atoms with Gasteiger partial charge in [0.05, 0.1) is 23.5 Å². The molecule has 1 atom stereocenters. The smallest absolute Gasteiger partial charge is 0.355 e. The number of hydrogen-bond acceptors (Lipinski definition) is 3. The summed E-state index contributed by atoms with van der Waals surface area (Å²) < 4.78 is 41.0. The molecule has 0 bridgehead atoms. The number of rotatable bonds is 3. The van der Waals surface area contributed by atoms with E-state index >= 15 is 0 Å². The second kappa shape index (κ2) is 5.99. The number of alkyl halides is 3. The second-order valence-electron chi connectivity index (χ2n) is 5.35. The van der Waals surface area contributed by atoms with Gasteiger partial charge in [-0.1, -0.05) is 18.2 Å². The Hall–Kier alpha value is -2.84. The van der Waals surface area contributed by atoms with Crippen LogP contribution < -0.4 is 10.6 Å². The van der Waals surface area contributed by atoms with E-state index in [1.54, 1.807) is 18.2 Å². The first-order valence-corrected chi connectivity index (χ1v) is 7.14. The van der Waals surface area contributed by atoms with Gasteiger partial charge in [-0.05, 0) is 12.1 Å². The van der Waals surface area contributed by atoms with Gasteiger partial charge in [-0.2, -0.15) is 18.3 Å². The van der Waals surface area contributed by atoms with Crippen molar-refractivity contribution in [3.8, 4) is 5.69 Å². The summed E-state index contributed by atoms with van der Waals surface area (Å²) in [4.78, 5) is 23.2. The zero-order valence-corrected chi connectivity index (χ0v) is 12.3. The Bertz CT molecular complexity index is 771. The van der Waals surface area contributed by atoms with E-state index in [9.17, 15) is 22.8 Å². The topological polar surface area (TPSA) is 76.0 Å². The highest BCUT2D eigenvalue weighted by molar-refractivity contribution is 5.97. The van der Waals surface area contributed by atoms with E-state index in [4.69, 9.17) is 0 Å². The average molecular weight is 338 g/mol. The molecule has 1 saturated heterocycles. The molecule has 2 amide bonds. The third kappa shape index (κ3) is 3.10. The summed E-state index contributed by atoms with van der Waals surface area (Å²) in [5, 5.41) is 8.45. The first kappa shape index (κ1) is 16.0. The minimum atomic E-state index is -4.71. The summed E-state index contributed by atoms with van der Waals surface area (Å²) in [6.07, 6.45) is -3.80. The summed E-state index contributed by atoms with van der Waals surface area (Å²) in [5.74, 6) is -1.64. The Labute approximate surface area is 134 Å². The molecule has 9 heteroatoms. The maximum Gasteiger partial charge on any atom is 0.435 e. The molecule has 126 valence electrons. The Kier molecular flexibility index (Phi) is 4.00. The molecule has 2 N–H and O–H groups in total. The minimum Gasteiger partial charge on any atom is -0.355 e. The Morgan fingerprint density at radius 2 is 2.00 bits per heavy atom. The van der Waals surface area contributed by atoms with Crippen LogP contribution in [0.4, 0.5) is 18.9 Å². The van der Waals surface area contributed by atoms with Crippen molar-refractivity contribution >= 4 is 17.5 Å². The molecule has 0 radical (unpaired) electrons. The van der Waals surface area contributed by atoms with Gasteiger partial charge in [-0.3, -0.25) is 9.59 Å². The third-order valence-corrected chi connectivity index (χ3v) is 3.64. The van der Waals surface area contributed by atoms with Crippen LogP contribution in [0.1, 0.15) is 12.1 Å². The zero-order chi connectivity index (χ0) is 17.3. The van der Waals surface area contributed by atoms with Gasteiger partial charge in [0.25, 0.3) is 0 Å². The fourth-order valence-electron chi connectivity index (χ4n) is 2.50. The van der Waals surface area contributed by atoms with Crippen molar-refractivity contribution in [1.82, 2.24) is 15.1 Å². The number of hydrogen-bond donors (Lipinski definition) is 2. The largest absolute Gasteiger partial charge is 0.435 e. The van der Waals surface area contributed by atoms with E-state index in [1.807, 2.05) is 0 Å². The van der Waals surface area contributed by atoms with Gasteiger partial charge in [-0.25, -0.2) is 4.68 Å². The van der Waals surface area contributed by atoms with Crippen molar-refractivity contribution in [2.45, 2.75) is 12.6 Å². The fraction of sp³-hybridized carbons (Fsp3) is 0.267. The Morgan fingerprint density at radius 3 is 2.58 bits per heavy atom. The number of amides is 2. The van der Waals surface area contributed by atoms with Crippen molar-refractivity contribution in [3.05, 3.63) is 42.2 Å². The molecule has 1 fully saturated rings. The molecule has 1 aliphatic heterocycles. The standard InChI is InChI=1S/C15H13F3N4O2/c16-15(17,18)13-11(21-14(24)9-6-12(23)19-7-9)8-20-22(13)10-4-2-1-3-5-10/h1-5,8-9H,6-7H2,(H,19,23)(H,21,24)/t9-/m1/s1. The fourth-order valence-corrected chi connectivity index (χ4v) is 2.50. The quantitative estimate of drug-likeness (QED) is 0.898. The van der Waals surface area contributed by atoms with Crippen LogP contribution in [0.3, 0.4) is 0 Å². The highest BCUT2D eigenvalue weighted by Crippen LogP contribution is 2.36. The van der Waals surface area contributed by atoms with Crippen LogP contribution in [0.25, 0.3) is 5.69 Å². The van der Waals surface area contributed by atoms with Crippen molar-refractivity contribution in [1.29, 1.82) is 0 Å². The van der Waals surface area contributed by atoms with Crippen LogP contribution in [-0.2, 0) is 15.8 Å². The van der Waals surface area contributed by atoms with Crippen LogP contribution >= 0.6 is 0 Å². The molecule has 2 aromatic rings. The molecular formula is C15H13F3N4O2. The molecule has 1 aromatic heterocycles. The van der Waals surface area contributed by atoms with E-state index in [1.165, 1.54) is 12.1 Å². The number of para-hydroxylation sites is 1. The minimum absolute atomic E-state index is 0.0417. The number of nitrogens with one attached hydrogen (secondary N) is 2. The Balaban J connectivity index is 1.92. The lowest BCUT2D eigenvalue weighted by Gasteiger charge is -2.14. The molecular weight excluding hydrogens is 325 g/mol. The average Bonchev–Trinajstić information content (AvgIpc) is 3.14. The SMILES string of the molecule is O=C1C[C@@H](C(=O)Nc2cnn(-c3ccccc3)c2C(F)(F)F)CN1. The number of anilines is 1. The molecule has 3 rings (SSSR count). The number of benzene rings is 1. The predicted octanol–water partition coefficient (Wildman–Crippen LogP) is 1.97. The summed E-state index contributed by atoms with van der Waals surface area (Å²) in [6.45, 7) is 0.110. The molecule has 6 nitrogen and oxygen atoms in total. The van der Waals surface area contributed by atoms with Gasteiger partial charge in [0.1, 0.15) is 0 Å². The molecule has 0 saturated carbocycles. The van der Waals surface area contributed by atoms with Crippen LogP contribution in [0.2, 0.25) is 0 Å². The summed E-state index contributed by atoms with van der Waals surface area (Å²) in [5.41, 5.74) is -1.28. The Morgan fingerprint density at radius 1 is 1.29 bits per heavy atom. The predicted molar refractivity (Wildman–Crippen MR) is 78.3 cm³/mol. The van der Waals surface area contributed by atoms with E-state index in [-0.39, 0.29) is 24.6 Å². The first-order chi connectivity index (χ1) is 11.4. The molecule has 0 aliphatic carbocycles. The molecule has 2 heterocycles. The third-order valence-electron chi connectivity index (χ3n) is 3.64. The van der Waals surface area contributed by atoms with Gasteiger partial charge in [0.15, 0.2) is 5.69 Å². The second-order valence-corrected chi connectivity index (χ2v) is 5.35. The normalized spacial score (nSPS) is 17.6. The van der Waals surface area contributed by atoms with Crippen LogP contribution in [0.5, 0.6) is 0 Å². The van der Waals surface area contributed by atoms with Gasteiger partial charge in [0.2, 0.25) is 11.8 Å². The molecule has 24 heavy (non-hydrogen) atoms. The lowest BCUT2D eigenvalue weighted by molar-refractivity contribution is -0.142. The van der Waals surface area contributed by atoms with E-state index in [0.29, 0.717) is 0 Å². The summed E-state index contributed by atoms with van der Waals surface area (Å²) in [7, 11) is 0. The van der Waals surface area contributed by atoms with E-state index in [2.05, 4.69) is 15.7 Å². The number of halogens is 3. The molecule has 1 aromatic carbocycles. The van der Waals surface area contributed by atoms with Crippen molar-refractivity contribution in [2.24, 2.45) is 5.92 Å². The van der Waals surface area contributed by atoms with E-state index < -0.39 is 29.4 Å². The van der Waals surface area contributed by atoms with Crippen LogP contribution in [0.15, 0.2) is 36.5 Å². The van der Waals surface area contributed by atoms with Crippen LogP contribution in [-0.4, -0.2) is 28.1 Å². The number of aromatic nitrogens is 2. The molecule has 0 spiro atoms. The van der Waals surface area contributed by atoms with Crippen molar-refractivity contribution in [3.63, 3.8) is 0 Å². The summed E-state index contributed by atoms with van der Waals surface area (Å²) >= 11 is 0. The maximum atomic E-state index is 13.4. The zero-order valence-electron chi connectivity index (χ0n) is 12.3. The van der Waals surface area contributed by atoms with Gasteiger partial charge < -0.3 is 10.6 Å². The number of carbonyl (C=O) groups is 2. The molecule has 0 unspecified atom stereocenters. The van der Waals surface area contributed by atoms with Crippen molar-refractivity contribution in [2.75, 3.05) is 11.9 Å². The van der Waals surface area contributed by atoms with E-state index in [0.717, 1.165) is 10.9 Å². The van der Waals surface area contributed by atoms with Gasteiger partial charge in [0, 0.05) is 13.0 Å². The lowest BCUT2D eigenvalue weighted by atomic mass is 10.1. The van der Waals surface area contributed by atoms with Gasteiger partial charge in [-0.15, -0.1) is 0 Å². The van der Waals surface area contributed by atoms with Crippen LogP contribution in [0, 0.1) is 5.92 Å².